The van der Waals surface area contributed by atoms with E-state index in [0.717, 1.165) is 19.4 Å². The van der Waals surface area contributed by atoms with Crippen molar-refractivity contribution in [2.75, 3.05) is 20.3 Å². The van der Waals surface area contributed by atoms with Gasteiger partial charge < -0.3 is 15.2 Å². The van der Waals surface area contributed by atoms with Crippen LogP contribution in [-0.2, 0) is 4.74 Å². The molecule has 74 valence electrons. The zero-order chi connectivity index (χ0) is 9.40. The minimum absolute atomic E-state index is 0.282. The molecule has 0 aliphatic heterocycles. The summed E-state index contributed by atoms with van der Waals surface area (Å²) in [7, 11) is 1.70. The normalized spacial score (nSPS) is 16.0. The maximum atomic E-state index is 8.60. The number of nitrogens with one attached hydrogen (secondary N) is 1. The quantitative estimate of drug-likeness (QED) is 0.600. The van der Waals surface area contributed by atoms with E-state index in [1.54, 1.807) is 7.11 Å². The van der Waals surface area contributed by atoms with Gasteiger partial charge in [-0.05, 0) is 26.7 Å². The Labute approximate surface area is 75.1 Å². The Morgan fingerprint density at radius 3 is 2.50 bits per heavy atom. The molecule has 12 heavy (non-hydrogen) atoms. The van der Waals surface area contributed by atoms with Crippen LogP contribution >= 0.6 is 0 Å². The van der Waals surface area contributed by atoms with E-state index in [2.05, 4.69) is 19.2 Å². The standard InChI is InChI=1S/C9H21NO2/c1-8(5-4-6-11)10-9(2)7-12-3/h8-11H,4-7H2,1-3H3/t8-,9+/m0/s1. The monoisotopic (exact) mass is 175 g/mol. The molecule has 0 bridgehead atoms. The minimum Gasteiger partial charge on any atom is -0.396 e. The van der Waals surface area contributed by atoms with Crippen LogP contribution in [-0.4, -0.2) is 37.5 Å². The average molecular weight is 175 g/mol. The van der Waals surface area contributed by atoms with Crippen molar-refractivity contribution >= 4 is 0 Å². The second-order valence-corrected chi connectivity index (χ2v) is 3.29. The van der Waals surface area contributed by atoms with Gasteiger partial charge in [0, 0.05) is 25.8 Å². The molecular weight excluding hydrogens is 154 g/mol. The molecule has 0 saturated carbocycles. The number of rotatable bonds is 7. The summed E-state index contributed by atoms with van der Waals surface area (Å²) in [6, 6.07) is 0.853. The fraction of sp³-hybridized carbons (Fsp3) is 1.00. The van der Waals surface area contributed by atoms with Crippen LogP contribution in [0.5, 0.6) is 0 Å². The van der Waals surface area contributed by atoms with E-state index >= 15 is 0 Å². The van der Waals surface area contributed by atoms with Gasteiger partial charge in [-0.3, -0.25) is 0 Å². The zero-order valence-corrected chi connectivity index (χ0v) is 8.34. The second kappa shape index (κ2) is 7.53. The summed E-state index contributed by atoms with van der Waals surface area (Å²) in [5.41, 5.74) is 0. The first-order chi connectivity index (χ1) is 5.70. The number of aliphatic hydroxyl groups is 1. The topological polar surface area (TPSA) is 41.5 Å². The fourth-order valence-corrected chi connectivity index (χ4v) is 1.26. The van der Waals surface area contributed by atoms with Crippen molar-refractivity contribution in [2.24, 2.45) is 0 Å². The molecule has 0 fully saturated rings. The third kappa shape index (κ3) is 6.58. The highest BCUT2D eigenvalue weighted by Crippen LogP contribution is 1.97. The van der Waals surface area contributed by atoms with E-state index in [4.69, 9.17) is 9.84 Å². The van der Waals surface area contributed by atoms with Crippen LogP contribution in [0.1, 0.15) is 26.7 Å². The summed E-state index contributed by atoms with van der Waals surface area (Å²) in [5.74, 6) is 0. The molecule has 0 unspecified atom stereocenters. The van der Waals surface area contributed by atoms with Gasteiger partial charge in [0.2, 0.25) is 0 Å². The molecule has 0 spiro atoms. The van der Waals surface area contributed by atoms with Crippen LogP contribution in [0.3, 0.4) is 0 Å². The first-order valence-corrected chi connectivity index (χ1v) is 4.56. The lowest BCUT2D eigenvalue weighted by Crippen LogP contribution is -2.37. The summed E-state index contributed by atoms with van der Waals surface area (Å²) in [5, 5.41) is 12.0. The van der Waals surface area contributed by atoms with E-state index < -0.39 is 0 Å². The molecular formula is C9H21NO2. The molecule has 0 radical (unpaired) electrons. The fourth-order valence-electron chi connectivity index (χ4n) is 1.26. The Bertz CT molecular complexity index is 98.5. The van der Waals surface area contributed by atoms with Crippen molar-refractivity contribution in [3.63, 3.8) is 0 Å². The van der Waals surface area contributed by atoms with Crippen LogP contribution < -0.4 is 5.32 Å². The molecule has 0 aliphatic carbocycles. The predicted octanol–water partition coefficient (Wildman–Crippen LogP) is 0.772. The third-order valence-corrected chi connectivity index (χ3v) is 1.78. The van der Waals surface area contributed by atoms with Crippen molar-refractivity contribution < 1.29 is 9.84 Å². The molecule has 3 nitrogen and oxygen atoms in total. The SMILES string of the molecule is COC[C@@H](C)N[C@@H](C)CCCO. The number of hydrogen-bond acceptors (Lipinski definition) is 3. The van der Waals surface area contributed by atoms with Gasteiger partial charge >= 0.3 is 0 Å². The first-order valence-electron chi connectivity index (χ1n) is 4.56. The predicted molar refractivity (Wildman–Crippen MR) is 50.3 cm³/mol. The lowest BCUT2D eigenvalue weighted by molar-refractivity contribution is 0.165. The van der Waals surface area contributed by atoms with Crippen LogP contribution in [0.2, 0.25) is 0 Å². The van der Waals surface area contributed by atoms with E-state index in [1.807, 2.05) is 0 Å². The second-order valence-electron chi connectivity index (χ2n) is 3.29. The summed E-state index contributed by atoms with van der Waals surface area (Å²) >= 11 is 0. The molecule has 0 rings (SSSR count). The highest BCUT2D eigenvalue weighted by molar-refractivity contribution is 4.66. The zero-order valence-electron chi connectivity index (χ0n) is 8.34. The average Bonchev–Trinajstić information content (AvgIpc) is 2.01. The van der Waals surface area contributed by atoms with Crippen LogP contribution in [0, 0.1) is 0 Å². The molecule has 2 N–H and O–H groups in total. The summed E-state index contributed by atoms with van der Waals surface area (Å²) in [6.07, 6.45) is 1.89. The first kappa shape index (κ1) is 11.9. The van der Waals surface area contributed by atoms with Crippen molar-refractivity contribution in [1.82, 2.24) is 5.32 Å². The molecule has 0 saturated heterocycles. The highest BCUT2D eigenvalue weighted by atomic mass is 16.5. The van der Waals surface area contributed by atoms with E-state index in [0.29, 0.717) is 12.1 Å². The molecule has 0 aromatic heterocycles. The van der Waals surface area contributed by atoms with Crippen molar-refractivity contribution in [3.05, 3.63) is 0 Å². The van der Waals surface area contributed by atoms with Gasteiger partial charge in [0.15, 0.2) is 0 Å². The molecule has 0 aromatic carbocycles. The molecule has 0 amide bonds. The van der Waals surface area contributed by atoms with Crippen molar-refractivity contribution in [3.8, 4) is 0 Å². The summed E-state index contributed by atoms with van der Waals surface area (Å²) in [4.78, 5) is 0. The molecule has 3 heteroatoms. The van der Waals surface area contributed by atoms with Gasteiger partial charge in [0.1, 0.15) is 0 Å². The maximum Gasteiger partial charge on any atom is 0.0613 e. The van der Waals surface area contributed by atoms with E-state index in [1.165, 1.54) is 0 Å². The highest BCUT2D eigenvalue weighted by Gasteiger charge is 2.05. The lowest BCUT2D eigenvalue weighted by atomic mass is 10.1. The third-order valence-electron chi connectivity index (χ3n) is 1.78. The van der Waals surface area contributed by atoms with Crippen LogP contribution in [0.4, 0.5) is 0 Å². The lowest BCUT2D eigenvalue weighted by Gasteiger charge is -2.18. The maximum absolute atomic E-state index is 8.60. The summed E-state index contributed by atoms with van der Waals surface area (Å²) in [6.45, 7) is 5.24. The largest absolute Gasteiger partial charge is 0.396 e. The van der Waals surface area contributed by atoms with Crippen LogP contribution in [0.25, 0.3) is 0 Å². The number of hydrogen-bond donors (Lipinski definition) is 2. The Morgan fingerprint density at radius 1 is 1.33 bits per heavy atom. The van der Waals surface area contributed by atoms with Gasteiger partial charge in [0.25, 0.3) is 0 Å². The van der Waals surface area contributed by atoms with Crippen molar-refractivity contribution in [1.29, 1.82) is 0 Å². The van der Waals surface area contributed by atoms with Gasteiger partial charge in [-0.25, -0.2) is 0 Å². The Hall–Kier alpha value is -0.120. The molecule has 2 atom stereocenters. The van der Waals surface area contributed by atoms with E-state index in [-0.39, 0.29) is 6.61 Å². The van der Waals surface area contributed by atoms with Gasteiger partial charge in [0.05, 0.1) is 6.61 Å². The Morgan fingerprint density at radius 2 is 2.00 bits per heavy atom. The van der Waals surface area contributed by atoms with Gasteiger partial charge in [-0.2, -0.15) is 0 Å². The molecule has 0 heterocycles. The smallest absolute Gasteiger partial charge is 0.0613 e. The number of methoxy groups -OCH3 is 1. The number of ether oxygens (including phenoxy) is 1. The Balaban J connectivity index is 3.33. The van der Waals surface area contributed by atoms with Crippen molar-refractivity contribution in [2.45, 2.75) is 38.8 Å². The van der Waals surface area contributed by atoms with E-state index in [9.17, 15) is 0 Å². The van der Waals surface area contributed by atoms with Gasteiger partial charge in [-0.15, -0.1) is 0 Å². The Kier molecular flexibility index (Phi) is 7.45. The minimum atomic E-state index is 0.282. The molecule has 0 aromatic rings. The van der Waals surface area contributed by atoms with Crippen LogP contribution in [0.15, 0.2) is 0 Å². The number of aliphatic hydroxyl groups excluding tert-OH is 1. The molecule has 0 aliphatic rings. The van der Waals surface area contributed by atoms with Gasteiger partial charge in [-0.1, -0.05) is 0 Å². The summed E-state index contributed by atoms with van der Waals surface area (Å²) < 4.78 is 5.00.